The van der Waals surface area contributed by atoms with Gasteiger partial charge in [-0.1, -0.05) is 11.6 Å². The number of aromatic nitrogens is 1. The van der Waals surface area contributed by atoms with Gasteiger partial charge in [0.25, 0.3) is 6.43 Å². The van der Waals surface area contributed by atoms with Gasteiger partial charge in [0.1, 0.15) is 5.15 Å². The molecule has 1 heterocycles. The lowest BCUT2D eigenvalue weighted by Gasteiger charge is -2.10. The van der Waals surface area contributed by atoms with Crippen LogP contribution in [0, 0.1) is 0 Å². The Bertz CT molecular complexity index is 320. The van der Waals surface area contributed by atoms with Crippen LogP contribution in [0.1, 0.15) is 12.0 Å². The summed E-state index contributed by atoms with van der Waals surface area (Å²) in [4.78, 5) is 3.49. The SMILES string of the molecule is COc1c(N)cnc(Cl)c1C(F)F. The van der Waals surface area contributed by atoms with Gasteiger partial charge in [0.15, 0.2) is 5.75 Å². The van der Waals surface area contributed by atoms with Crippen LogP contribution in [0.25, 0.3) is 0 Å². The first kappa shape index (κ1) is 9.98. The van der Waals surface area contributed by atoms with E-state index in [1.165, 1.54) is 13.3 Å². The third-order valence-electron chi connectivity index (χ3n) is 1.47. The number of pyridine rings is 1. The van der Waals surface area contributed by atoms with Gasteiger partial charge in [-0.25, -0.2) is 13.8 Å². The van der Waals surface area contributed by atoms with E-state index in [2.05, 4.69) is 9.72 Å². The number of nitrogens with two attached hydrogens (primary N) is 1. The molecule has 0 aliphatic rings. The van der Waals surface area contributed by atoms with Crippen molar-refractivity contribution in [2.24, 2.45) is 0 Å². The fraction of sp³-hybridized carbons (Fsp3) is 0.286. The number of anilines is 1. The molecule has 0 spiro atoms. The first-order valence-corrected chi connectivity index (χ1v) is 3.71. The zero-order valence-corrected chi connectivity index (χ0v) is 7.48. The molecule has 1 aromatic rings. The van der Waals surface area contributed by atoms with Gasteiger partial charge < -0.3 is 10.5 Å². The predicted molar refractivity (Wildman–Crippen MR) is 45.2 cm³/mol. The monoisotopic (exact) mass is 208 g/mol. The topological polar surface area (TPSA) is 48.1 Å². The van der Waals surface area contributed by atoms with E-state index in [9.17, 15) is 8.78 Å². The van der Waals surface area contributed by atoms with E-state index in [-0.39, 0.29) is 16.6 Å². The first-order chi connectivity index (χ1) is 6.07. The summed E-state index contributed by atoms with van der Waals surface area (Å²) in [5, 5.41) is -0.291. The smallest absolute Gasteiger partial charge is 0.270 e. The number of nitrogen functional groups attached to an aromatic ring is 1. The number of methoxy groups -OCH3 is 1. The fourth-order valence-electron chi connectivity index (χ4n) is 0.921. The molecule has 72 valence electrons. The van der Waals surface area contributed by atoms with Gasteiger partial charge in [-0.2, -0.15) is 0 Å². The number of nitrogens with zero attached hydrogens (tertiary/aromatic N) is 1. The highest BCUT2D eigenvalue weighted by Crippen LogP contribution is 2.37. The summed E-state index contributed by atoms with van der Waals surface area (Å²) >= 11 is 5.45. The minimum Gasteiger partial charge on any atom is -0.494 e. The van der Waals surface area contributed by atoms with Gasteiger partial charge in [-0.05, 0) is 0 Å². The van der Waals surface area contributed by atoms with Crippen molar-refractivity contribution in [2.45, 2.75) is 6.43 Å². The Morgan fingerprint density at radius 1 is 1.62 bits per heavy atom. The molecule has 0 amide bonds. The Labute approximate surface area is 78.5 Å². The number of alkyl halides is 2. The molecule has 6 heteroatoms. The Morgan fingerprint density at radius 3 is 2.62 bits per heavy atom. The van der Waals surface area contributed by atoms with Gasteiger partial charge in [0.05, 0.1) is 24.6 Å². The molecule has 1 aromatic heterocycles. The number of ether oxygens (including phenoxy) is 1. The summed E-state index contributed by atoms with van der Waals surface area (Å²) in [5.41, 5.74) is 4.93. The van der Waals surface area contributed by atoms with Gasteiger partial charge in [0.2, 0.25) is 0 Å². The largest absolute Gasteiger partial charge is 0.494 e. The van der Waals surface area contributed by atoms with Crippen LogP contribution in [-0.4, -0.2) is 12.1 Å². The first-order valence-electron chi connectivity index (χ1n) is 3.34. The van der Waals surface area contributed by atoms with Crippen molar-refractivity contribution < 1.29 is 13.5 Å². The van der Waals surface area contributed by atoms with E-state index in [1.807, 2.05) is 0 Å². The van der Waals surface area contributed by atoms with Crippen LogP contribution in [0.15, 0.2) is 6.20 Å². The van der Waals surface area contributed by atoms with Crippen LogP contribution in [-0.2, 0) is 0 Å². The lowest BCUT2D eigenvalue weighted by molar-refractivity contribution is 0.147. The predicted octanol–water partition coefficient (Wildman–Crippen LogP) is 2.26. The summed E-state index contributed by atoms with van der Waals surface area (Å²) in [6.07, 6.45) is -1.58. The summed E-state index contributed by atoms with van der Waals surface area (Å²) in [7, 11) is 1.24. The zero-order valence-electron chi connectivity index (χ0n) is 6.72. The standard InChI is InChI=1S/C7H7ClF2N2O/c1-13-5-3(11)2-12-6(8)4(5)7(9)10/h2,7H,11H2,1H3. The zero-order chi connectivity index (χ0) is 10.0. The molecule has 13 heavy (non-hydrogen) atoms. The normalized spacial score (nSPS) is 10.5. The minimum atomic E-state index is -2.75. The van der Waals surface area contributed by atoms with Gasteiger partial charge in [-0.3, -0.25) is 0 Å². The molecule has 0 fully saturated rings. The molecule has 0 saturated heterocycles. The van der Waals surface area contributed by atoms with E-state index < -0.39 is 12.0 Å². The molecule has 0 radical (unpaired) electrons. The highest BCUT2D eigenvalue weighted by molar-refractivity contribution is 6.30. The van der Waals surface area contributed by atoms with Crippen LogP contribution in [0.3, 0.4) is 0 Å². The van der Waals surface area contributed by atoms with E-state index >= 15 is 0 Å². The lowest BCUT2D eigenvalue weighted by Crippen LogP contribution is -2.00. The molecular formula is C7H7ClF2N2O. The van der Waals surface area contributed by atoms with Crippen molar-refractivity contribution in [2.75, 3.05) is 12.8 Å². The maximum absolute atomic E-state index is 12.4. The van der Waals surface area contributed by atoms with Crippen LogP contribution in [0.2, 0.25) is 5.15 Å². The number of hydrogen-bond donors (Lipinski definition) is 1. The maximum Gasteiger partial charge on any atom is 0.270 e. The van der Waals surface area contributed by atoms with E-state index in [0.29, 0.717) is 0 Å². The maximum atomic E-state index is 12.4. The molecule has 2 N–H and O–H groups in total. The van der Waals surface area contributed by atoms with Crippen molar-refractivity contribution in [3.8, 4) is 5.75 Å². The molecule has 3 nitrogen and oxygen atoms in total. The summed E-state index contributed by atoms with van der Waals surface area (Å²) < 4.78 is 29.5. The fourth-order valence-corrected chi connectivity index (χ4v) is 1.14. The second-order valence-electron chi connectivity index (χ2n) is 2.25. The molecule has 0 aromatic carbocycles. The van der Waals surface area contributed by atoms with E-state index in [1.54, 1.807) is 0 Å². The quantitative estimate of drug-likeness (QED) is 0.759. The average Bonchev–Trinajstić information content (AvgIpc) is 2.07. The van der Waals surface area contributed by atoms with Crippen molar-refractivity contribution in [1.82, 2.24) is 4.98 Å². The van der Waals surface area contributed by atoms with Crippen molar-refractivity contribution in [1.29, 1.82) is 0 Å². The Hall–Kier alpha value is -1.10. The second kappa shape index (κ2) is 3.74. The molecule has 0 bridgehead atoms. The second-order valence-corrected chi connectivity index (χ2v) is 2.61. The van der Waals surface area contributed by atoms with Gasteiger partial charge in [0, 0.05) is 0 Å². The summed E-state index contributed by atoms with van der Waals surface area (Å²) in [5.74, 6) is -0.116. The minimum absolute atomic E-state index is 0.0437. The van der Waals surface area contributed by atoms with Crippen LogP contribution < -0.4 is 10.5 Å². The van der Waals surface area contributed by atoms with Crippen molar-refractivity contribution in [3.05, 3.63) is 16.9 Å². The van der Waals surface area contributed by atoms with Crippen LogP contribution in [0.4, 0.5) is 14.5 Å². The third kappa shape index (κ3) is 1.80. The summed E-state index contributed by atoms with van der Waals surface area (Å²) in [6, 6.07) is 0. The van der Waals surface area contributed by atoms with Crippen molar-refractivity contribution in [3.63, 3.8) is 0 Å². The summed E-state index contributed by atoms with van der Waals surface area (Å²) in [6.45, 7) is 0. The molecule has 0 aliphatic heterocycles. The third-order valence-corrected chi connectivity index (χ3v) is 1.77. The van der Waals surface area contributed by atoms with Crippen LogP contribution >= 0.6 is 11.6 Å². The number of halogens is 3. The lowest BCUT2D eigenvalue weighted by atomic mass is 10.2. The van der Waals surface area contributed by atoms with Gasteiger partial charge in [-0.15, -0.1) is 0 Å². The molecule has 0 atom stereocenters. The van der Waals surface area contributed by atoms with Gasteiger partial charge >= 0.3 is 0 Å². The highest BCUT2D eigenvalue weighted by Gasteiger charge is 2.21. The number of hydrogen-bond acceptors (Lipinski definition) is 3. The van der Waals surface area contributed by atoms with E-state index in [4.69, 9.17) is 17.3 Å². The van der Waals surface area contributed by atoms with E-state index in [0.717, 1.165) is 0 Å². The Kier molecular flexibility index (Phi) is 2.87. The molecule has 1 rings (SSSR count). The van der Waals surface area contributed by atoms with Crippen LogP contribution in [0.5, 0.6) is 5.75 Å². The molecule has 0 saturated carbocycles. The Morgan fingerprint density at radius 2 is 2.23 bits per heavy atom. The molecule has 0 unspecified atom stereocenters. The molecule has 0 aliphatic carbocycles. The highest BCUT2D eigenvalue weighted by atomic mass is 35.5. The number of rotatable bonds is 2. The van der Waals surface area contributed by atoms with Crippen molar-refractivity contribution >= 4 is 17.3 Å². The Balaban J connectivity index is 3.35. The average molecular weight is 209 g/mol. The molecular weight excluding hydrogens is 202 g/mol.